The number of rotatable bonds is 4. The molecule has 8 nitrogen and oxygen atoms in total. The Balaban J connectivity index is 1.79. The van der Waals surface area contributed by atoms with Crippen LogP contribution in [0.3, 0.4) is 0 Å². The molecule has 1 aromatic carbocycles. The molecule has 0 saturated heterocycles. The summed E-state index contributed by atoms with van der Waals surface area (Å²) in [4.78, 5) is 15.1. The predicted octanol–water partition coefficient (Wildman–Crippen LogP) is 3.85. The lowest BCUT2D eigenvalue weighted by molar-refractivity contribution is -0.384. The molecule has 2 N–H and O–H groups in total. The van der Waals surface area contributed by atoms with Crippen molar-refractivity contribution in [2.75, 3.05) is 5.32 Å². The van der Waals surface area contributed by atoms with E-state index >= 15 is 0 Å². The number of aromatic nitrogens is 3. The molecule has 2 aromatic heterocycles. The van der Waals surface area contributed by atoms with E-state index in [9.17, 15) is 15.4 Å². The maximum atomic E-state index is 10.9. The maximum absolute atomic E-state index is 10.9. The Labute approximate surface area is 149 Å². The van der Waals surface area contributed by atoms with E-state index in [4.69, 9.17) is 0 Å². The van der Waals surface area contributed by atoms with Crippen molar-refractivity contribution in [3.63, 3.8) is 0 Å². The van der Waals surface area contributed by atoms with Gasteiger partial charge in [-0.05, 0) is 25.0 Å². The van der Waals surface area contributed by atoms with E-state index in [-0.39, 0.29) is 5.69 Å². The second-order valence-electron chi connectivity index (χ2n) is 6.55. The standard InChI is InChI=1S/C18H18N6O2/c19-10-13-11-20-23-17(13)22-16(12-6-8-15(9-7-12)24(25)26)18(23)21-14-4-2-1-3-5-14/h6-9,11,14,20-21H,1-5H2. The minimum atomic E-state index is -0.420. The third kappa shape index (κ3) is 2.77. The summed E-state index contributed by atoms with van der Waals surface area (Å²) in [5.74, 6) is 0.794. The topological polar surface area (TPSA) is 112 Å². The predicted molar refractivity (Wildman–Crippen MR) is 96.8 cm³/mol. The van der Waals surface area contributed by atoms with Crippen LogP contribution in [0.1, 0.15) is 37.7 Å². The average Bonchev–Trinajstić information content (AvgIpc) is 3.22. The summed E-state index contributed by atoms with van der Waals surface area (Å²) in [7, 11) is 0. The normalized spacial score (nSPS) is 15.0. The molecular formula is C18H18N6O2. The molecule has 0 amide bonds. The molecule has 26 heavy (non-hydrogen) atoms. The summed E-state index contributed by atoms with van der Waals surface area (Å²) < 4.78 is 1.78. The van der Waals surface area contributed by atoms with Crippen LogP contribution < -0.4 is 5.32 Å². The van der Waals surface area contributed by atoms with Gasteiger partial charge in [-0.2, -0.15) is 5.26 Å². The highest BCUT2D eigenvalue weighted by Gasteiger charge is 2.22. The summed E-state index contributed by atoms with van der Waals surface area (Å²) in [6, 6.07) is 8.82. The summed E-state index contributed by atoms with van der Waals surface area (Å²) in [6.07, 6.45) is 7.48. The molecule has 0 bridgehead atoms. The molecule has 1 aliphatic rings. The summed E-state index contributed by atoms with van der Waals surface area (Å²) in [6.45, 7) is 0. The number of non-ortho nitro benzene ring substituents is 1. The largest absolute Gasteiger partial charge is 0.365 e. The van der Waals surface area contributed by atoms with E-state index in [1.54, 1.807) is 22.8 Å². The molecule has 2 heterocycles. The van der Waals surface area contributed by atoms with Crippen molar-refractivity contribution in [1.82, 2.24) is 14.6 Å². The van der Waals surface area contributed by atoms with Gasteiger partial charge >= 0.3 is 0 Å². The van der Waals surface area contributed by atoms with Crippen molar-refractivity contribution >= 4 is 17.2 Å². The van der Waals surface area contributed by atoms with Gasteiger partial charge in [0.1, 0.15) is 17.3 Å². The van der Waals surface area contributed by atoms with Gasteiger partial charge in [0, 0.05) is 29.9 Å². The first-order chi connectivity index (χ1) is 12.7. The first kappa shape index (κ1) is 16.1. The monoisotopic (exact) mass is 350 g/mol. The lowest BCUT2D eigenvalue weighted by Crippen LogP contribution is -2.23. The third-order valence-corrected chi connectivity index (χ3v) is 4.87. The van der Waals surface area contributed by atoms with Crippen molar-refractivity contribution in [3.8, 4) is 17.3 Å². The van der Waals surface area contributed by atoms with Crippen molar-refractivity contribution in [3.05, 3.63) is 46.1 Å². The molecule has 3 aromatic rings. The second kappa shape index (κ2) is 6.52. The Hall–Kier alpha value is -3.34. The molecule has 8 heteroatoms. The molecule has 132 valence electrons. The van der Waals surface area contributed by atoms with E-state index < -0.39 is 4.92 Å². The number of imidazole rings is 1. The minimum absolute atomic E-state index is 0.0398. The van der Waals surface area contributed by atoms with Gasteiger partial charge in [0.05, 0.1) is 4.92 Å². The summed E-state index contributed by atoms with van der Waals surface area (Å²) >= 11 is 0. The van der Waals surface area contributed by atoms with E-state index in [0.29, 0.717) is 22.9 Å². The Kier molecular flexibility index (Phi) is 4.05. The van der Waals surface area contributed by atoms with Crippen molar-refractivity contribution in [2.45, 2.75) is 38.1 Å². The number of hydrogen-bond donors (Lipinski definition) is 2. The maximum Gasteiger partial charge on any atom is 0.269 e. The fourth-order valence-corrected chi connectivity index (χ4v) is 3.52. The zero-order valence-corrected chi connectivity index (χ0v) is 14.1. The lowest BCUT2D eigenvalue weighted by Gasteiger charge is -2.23. The van der Waals surface area contributed by atoms with Gasteiger partial charge in [0.15, 0.2) is 11.5 Å². The van der Waals surface area contributed by atoms with Crippen LogP contribution in [0.15, 0.2) is 30.5 Å². The van der Waals surface area contributed by atoms with Crippen LogP contribution in [-0.2, 0) is 0 Å². The molecule has 0 unspecified atom stereocenters. The zero-order valence-electron chi connectivity index (χ0n) is 14.1. The van der Waals surface area contributed by atoms with Crippen molar-refractivity contribution < 1.29 is 4.92 Å². The number of benzene rings is 1. The average molecular weight is 350 g/mol. The third-order valence-electron chi connectivity index (χ3n) is 4.87. The van der Waals surface area contributed by atoms with E-state index in [2.05, 4.69) is 21.5 Å². The number of nitro benzene ring substituents is 1. The highest BCUT2D eigenvalue weighted by molar-refractivity contribution is 5.78. The first-order valence-corrected chi connectivity index (χ1v) is 8.68. The van der Waals surface area contributed by atoms with Crippen LogP contribution in [0, 0.1) is 21.4 Å². The van der Waals surface area contributed by atoms with E-state index in [0.717, 1.165) is 24.2 Å². The number of anilines is 1. The fraction of sp³-hybridized carbons (Fsp3) is 0.333. The number of nitro groups is 1. The van der Waals surface area contributed by atoms with Gasteiger partial charge in [-0.25, -0.2) is 9.50 Å². The number of nitriles is 1. The molecule has 1 saturated carbocycles. The Morgan fingerprint density at radius 3 is 2.65 bits per heavy atom. The molecule has 0 radical (unpaired) electrons. The Morgan fingerprint density at radius 1 is 1.27 bits per heavy atom. The van der Waals surface area contributed by atoms with Crippen molar-refractivity contribution in [1.29, 1.82) is 5.26 Å². The zero-order chi connectivity index (χ0) is 18.1. The number of nitrogens with one attached hydrogen (secondary N) is 2. The van der Waals surface area contributed by atoms with Gasteiger partial charge in [0.2, 0.25) is 0 Å². The second-order valence-corrected chi connectivity index (χ2v) is 6.55. The number of fused-ring (bicyclic) bond motifs is 1. The van der Waals surface area contributed by atoms with Crippen molar-refractivity contribution in [2.24, 2.45) is 0 Å². The van der Waals surface area contributed by atoms with Crippen LogP contribution in [0.4, 0.5) is 11.5 Å². The minimum Gasteiger partial charge on any atom is -0.365 e. The van der Waals surface area contributed by atoms with Crippen LogP contribution in [0.2, 0.25) is 0 Å². The summed E-state index contributed by atoms with van der Waals surface area (Å²) in [5, 5.41) is 26.8. The lowest BCUT2D eigenvalue weighted by atomic mass is 9.95. The molecule has 4 rings (SSSR count). The molecule has 0 atom stereocenters. The van der Waals surface area contributed by atoms with Gasteiger partial charge < -0.3 is 5.32 Å². The van der Waals surface area contributed by atoms with Gasteiger partial charge in [0.25, 0.3) is 5.69 Å². The van der Waals surface area contributed by atoms with Crippen LogP contribution in [0.25, 0.3) is 16.9 Å². The van der Waals surface area contributed by atoms with E-state index in [1.165, 1.54) is 31.4 Å². The number of H-pyrrole nitrogens is 1. The SMILES string of the molecule is N#Cc1c[nH]n2c(NC3CCCCC3)c(-c3ccc([N+](=O)[O-])cc3)nc12. The number of nitrogens with zero attached hydrogens (tertiary/aromatic N) is 4. The van der Waals surface area contributed by atoms with Crippen LogP contribution in [-0.4, -0.2) is 25.6 Å². The highest BCUT2D eigenvalue weighted by atomic mass is 16.6. The molecule has 1 fully saturated rings. The number of hydrogen-bond acceptors (Lipinski definition) is 5. The van der Waals surface area contributed by atoms with Crippen LogP contribution in [0.5, 0.6) is 0 Å². The van der Waals surface area contributed by atoms with Gasteiger partial charge in [-0.1, -0.05) is 19.3 Å². The number of aromatic amines is 1. The van der Waals surface area contributed by atoms with Crippen LogP contribution >= 0.6 is 0 Å². The molecule has 0 aliphatic heterocycles. The van der Waals surface area contributed by atoms with E-state index in [1.807, 2.05) is 0 Å². The van der Waals surface area contributed by atoms with Gasteiger partial charge in [-0.15, -0.1) is 0 Å². The molecule has 0 spiro atoms. The fourth-order valence-electron chi connectivity index (χ4n) is 3.52. The quantitative estimate of drug-likeness (QED) is 0.548. The molecular weight excluding hydrogens is 332 g/mol. The Morgan fingerprint density at radius 2 is 2.00 bits per heavy atom. The Bertz CT molecular complexity index is 989. The first-order valence-electron chi connectivity index (χ1n) is 8.68. The summed E-state index contributed by atoms with van der Waals surface area (Å²) in [5.41, 5.74) is 2.52. The van der Waals surface area contributed by atoms with Gasteiger partial charge in [-0.3, -0.25) is 15.2 Å². The molecule has 1 aliphatic carbocycles. The highest BCUT2D eigenvalue weighted by Crippen LogP contribution is 2.32. The smallest absolute Gasteiger partial charge is 0.269 e.